The summed E-state index contributed by atoms with van der Waals surface area (Å²) in [7, 11) is 0. The van der Waals surface area contributed by atoms with Crippen LogP contribution in [0.3, 0.4) is 0 Å². The maximum absolute atomic E-state index is 13.1. The third-order valence-electron chi connectivity index (χ3n) is 5.71. The average molecular weight is 436 g/mol. The van der Waals surface area contributed by atoms with Crippen LogP contribution in [0.4, 0.5) is 5.69 Å². The molecule has 1 unspecified atom stereocenters. The first-order valence-corrected chi connectivity index (χ1v) is 10.8. The van der Waals surface area contributed by atoms with Gasteiger partial charge in [-0.15, -0.1) is 0 Å². The molecule has 0 spiro atoms. The first-order valence-electron chi connectivity index (χ1n) is 10.4. The highest BCUT2D eigenvalue weighted by atomic mass is 35.5. The van der Waals surface area contributed by atoms with Crippen LogP contribution in [0.25, 0.3) is 0 Å². The van der Waals surface area contributed by atoms with Gasteiger partial charge in [0.2, 0.25) is 17.7 Å². The summed E-state index contributed by atoms with van der Waals surface area (Å²) in [6.45, 7) is 7.64. The summed E-state index contributed by atoms with van der Waals surface area (Å²) < 4.78 is 5.41. The van der Waals surface area contributed by atoms with Gasteiger partial charge in [0, 0.05) is 36.9 Å². The van der Waals surface area contributed by atoms with Gasteiger partial charge in [-0.3, -0.25) is 14.4 Å². The molecule has 1 aromatic carbocycles. The van der Waals surface area contributed by atoms with E-state index in [1.807, 2.05) is 12.1 Å². The Kier molecular flexibility index (Phi) is 7.03. The zero-order valence-corrected chi connectivity index (χ0v) is 18.5. The molecule has 3 N–H and O–H groups in total. The molecule has 0 bridgehead atoms. The van der Waals surface area contributed by atoms with Crippen molar-refractivity contribution in [3.8, 4) is 0 Å². The Morgan fingerprint density at radius 2 is 1.93 bits per heavy atom. The number of nitrogens with one attached hydrogen (secondary N) is 3. The summed E-state index contributed by atoms with van der Waals surface area (Å²) in [4.78, 5) is 37.3. The van der Waals surface area contributed by atoms with Crippen LogP contribution in [0.5, 0.6) is 0 Å². The van der Waals surface area contributed by atoms with Crippen LogP contribution < -0.4 is 16.0 Å². The van der Waals surface area contributed by atoms with Gasteiger partial charge >= 0.3 is 0 Å². The van der Waals surface area contributed by atoms with Crippen LogP contribution in [-0.2, 0) is 24.5 Å². The van der Waals surface area contributed by atoms with Gasteiger partial charge in [0.25, 0.3) is 0 Å². The average Bonchev–Trinajstić information content (AvgIpc) is 3.12. The lowest BCUT2D eigenvalue weighted by Crippen LogP contribution is -2.51. The van der Waals surface area contributed by atoms with Crippen LogP contribution in [0.15, 0.2) is 18.2 Å². The van der Waals surface area contributed by atoms with E-state index in [0.29, 0.717) is 43.3 Å². The molecule has 0 aromatic heterocycles. The maximum atomic E-state index is 13.1. The lowest BCUT2D eigenvalue weighted by atomic mass is 9.87. The summed E-state index contributed by atoms with van der Waals surface area (Å²) in [5.41, 5.74) is 1.47. The number of ether oxygens (including phenoxy) is 1. The van der Waals surface area contributed by atoms with Gasteiger partial charge in [0.1, 0.15) is 6.04 Å². The van der Waals surface area contributed by atoms with Crippen molar-refractivity contribution in [2.75, 3.05) is 25.1 Å². The van der Waals surface area contributed by atoms with Crippen LogP contribution >= 0.6 is 11.6 Å². The molecule has 0 aliphatic carbocycles. The van der Waals surface area contributed by atoms with Crippen molar-refractivity contribution in [1.29, 1.82) is 0 Å². The fourth-order valence-electron chi connectivity index (χ4n) is 3.93. The van der Waals surface area contributed by atoms with E-state index in [1.165, 1.54) is 0 Å². The van der Waals surface area contributed by atoms with Crippen LogP contribution in [0.1, 0.15) is 45.6 Å². The zero-order valence-electron chi connectivity index (χ0n) is 17.7. The molecule has 3 rings (SSSR count). The molecular weight excluding hydrogens is 406 g/mol. The third kappa shape index (κ3) is 5.52. The highest BCUT2D eigenvalue weighted by molar-refractivity contribution is 6.31. The molecule has 2 fully saturated rings. The molecule has 3 amide bonds. The minimum absolute atomic E-state index is 0.0305. The monoisotopic (exact) mass is 435 g/mol. The molecule has 2 aliphatic heterocycles. The molecular formula is C22H30ClN3O4. The Balaban J connectivity index is 1.74. The number of rotatable bonds is 5. The summed E-state index contributed by atoms with van der Waals surface area (Å²) in [5.74, 6) is -1.19. The number of hydrogen-bond acceptors (Lipinski definition) is 4. The number of benzene rings is 1. The Hall–Kier alpha value is -2.12. The Labute approximate surface area is 182 Å². The maximum Gasteiger partial charge on any atom is 0.247 e. The van der Waals surface area contributed by atoms with Gasteiger partial charge in [-0.2, -0.15) is 0 Å². The zero-order chi connectivity index (χ0) is 21.9. The van der Waals surface area contributed by atoms with Crippen molar-refractivity contribution in [2.45, 2.75) is 51.5 Å². The number of carbonyl (C=O) groups is 3. The highest BCUT2D eigenvalue weighted by Crippen LogP contribution is 2.31. The Morgan fingerprint density at radius 1 is 1.23 bits per heavy atom. The minimum Gasteiger partial charge on any atom is -0.381 e. The quantitative estimate of drug-likeness (QED) is 0.662. The van der Waals surface area contributed by atoms with Gasteiger partial charge in [-0.05, 0) is 41.9 Å². The summed E-state index contributed by atoms with van der Waals surface area (Å²) >= 11 is 6.43. The second kappa shape index (κ2) is 9.35. The predicted octanol–water partition coefficient (Wildman–Crippen LogP) is 2.62. The predicted molar refractivity (Wildman–Crippen MR) is 115 cm³/mol. The summed E-state index contributed by atoms with van der Waals surface area (Å²) in [6.07, 6.45) is 1.52. The second-order valence-corrected chi connectivity index (χ2v) is 9.48. The fourth-order valence-corrected chi connectivity index (χ4v) is 4.39. The van der Waals surface area contributed by atoms with Crippen molar-refractivity contribution in [1.82, 2.24) is 10.6 Å². The fraction of sp³-hybridized carbons (Fsp3) is 0.591. The third-order valence-corrected chi connectivity index (χ3v) is 6.02. The molecule has 8 heteroatoms. The van der Waals surface area contributed by atoms with Crippen LogP contribution in [0.2, 0.25) is 5.02 Å². The lowest BCUT2D eigenvalue weighted by molar-refractivity contribution is -0.131. The number of hydrogen-bond donors (Lipinski definition) is 3. The van der Waals surface area contributed by atoms with Crippen LogP contribution in [0, 0.1) is 11.8 Å². The van der Waals surface area contributed by atoms with Crippen molar-refractivity contribution in [3.63, 3.8) is 0 Å². The van der Waals surface area contributed by atoms with E-state index in [2.05, 4.69) is 36.7 Å². The molecule has 1 aromatic rings. The van der Waals surface area contributed by atoms with Gasteiger partial charge in [0.15, 0.2) is 0 Å². The number of carbonyl (C=O) groups excluding carboxylic acids is 3. The van der Waals surface area contributed by atoms with E-state index >= 15 is 0 Å². The van der Waals surface area contributed by atoms with E-state index in [-0.39, 0.29) is 35.5 Å². The number of amides is 3. The molecule has 30 heavy (non-hydrogen) atoms. The summed E-state index contributed by atoms with van der Waals surface area (Å²) in [5, 5.41) is 9.04. The van der Waals surface area contributed by atoms with Gasteiger partial charge in [-0.1, -0.05) is 38.4 Å². The summed E-state index contributed by atoms with van der Waals surface area (Å²) in [6, 6.07) is 4.78. The molecule has 2 heterocycles. The molecule has 0 radical (unpaired) electrons. The minimum atomic E-state index is -0.696. The molecule has 0 saturated carbocycles. The SMILES string of the molecule is CC(C)(C)c1ccc(NC(=O)C(NC(=O)[C@H]2CNC(=O)C2)C2CCOCC2)cc1Cl. The largest absolute Gasteiger partial charge is 0.381 e. The first kappa shape index (κ1) is 22.6. The topological polar surface area (TPSA) is 96.5 Å². The Morgan fingerprint density at radius 3 is 2.50 bits per heavy atom. The van der Waals surface area contributed by atoms with Crippen molar-refractivity contribution < 1.29 is 19.1 Å². The molecule has 2 saturated heterocycles. The van der Waals surface area contributed by atoms with E-state index in [4.69, 9.17) is 16.3 Å². The Bertz CT molecular complexity index is 815. The van der Waals surface area contributed by atoms with E-state index in [0.717, 1.165) is 5.56 Å². The van der Waals surface area contributed by atoms with Crippen LogP contribution in [-0.4, -0.2) is 43.5 Å². The highest BCUT2D eigenvalue weighted by Gasteiger charge is 2.35. The molecule has 164 valence electrons. The normalized spacial score (nSPS) is 21.1. The van der Waals surface area contributed by atoms with Crippen molar-refractivity contribution >= 4 is 35.0 Å². The smallest absolute Gasteiger partial charge is 0.247 e. The molecule has 2 atom stereocenters. The lowest BCUT2D eigenvalue weighted by Gasteiger charge is -2.31. The van der Waals surface area contributed by atoms with E-state index < -0.39 is 12.0 Å². The van der Waals surface area contributed by atoms with Crippen molar-refractivity contribution in [2.24, 2.45) is 11.8 Å². The standard InChI is InChI=1S/C22H30ClN3O4/c1-22(2,3)16-5-4-15(11-17(16)23)25-21(29)19(13-6-8-30-9-7-13)26-20(28)14-10-18(27)24-12-14/h4-5,11,13-14,19H,6-10,12H2,1-3H3,(H,24,27)(H,25,29)(H,26,28)/t14-,19?/m1/s1. The van der Waals surface area contributed by atoms with Gasteiger partial charge < -0.3 is 20.7 Å². The first-order chi connectivity index (χ1) is 14.1. The number of anilines is 1. The second-order valence-electron chi connectivity index (χ2n) is 9.08. The van der Waals surface area contributed by atoms with E-state index in [1.54, 1.807) is 6.07 Å². The van der Waals surface area contributed by atoms with E-state index in [9.17, 15) is 14.4 Å². The van der Waals surface area contributed by atoms with Gasteiger partial charge in [-0.25, -0.2) is 0 Å². The molecule has 7 nitrogen and oxygen atoms in total. The van der Waals surface area contributed by atoms with Crippen molar-refractivity contribution in [3.05, 3.63) is 28.8 Å². The van der Waals surface area contributed by atoms with Gasteiger partial charge in [0.05, 0.1) is 5.92 Å². The molecule has 2 aliphatic rings. The number of halogens is 1.